The topological polar surface area (TPSA) is 66.3 Å². The second kappa shape index (κ2) is 5.99. The largest absolute Gasteiger partial charge is 0.481 e. The lowest BCUT2D eigenvalue weighted by Crippen LogP contribution is -2.39. The summed E-state index contributed by atoms with van der Waals surface area (Å²) in [6.45, 7) is 5.70. The van der Waals surface area contributed by atoms with E-state index < -0.39 is 5.97 Å². The fourth-order valence-electron chi connectivity index (χ4n) is 2.41. The normalized spacial score (nSPS) is 19.7. The highest BCUT2D eigenvalue weighted by Crippen LogP contribution is 2.21. The molecule has 2 heterocycles. The zero-order valence-corrected chi connectivity index (χ0v) is 11.5. The summed E-state index contributed by atoms with van der Waals surface area (Å²) < 4.78 is 0. The van der Waals surface area contributed by atoms with Gasteiger partial charge in [-0.25, -0.2) is 9.97 Å². The molecule has 1 atom stereocenters. The van der Waals surface area contributed by atoms with Crippen molar-refractivity contribution in [1.29, 1.82) is 0 Å². The number of piperidine rings is 1. The zero-order chi connectivity index (χ0) is 13.8. The Hall–Kier alpha value is -1.65. The van der Waals surface area contributed by atoms with Gasteiger partial charge in [-0.15, -0.1) is 0 Å². The van der Waals surface area contributed by atoms with Crippen molar-refractivity contribution >= 4 is 11.8 Å². The van der Waals surface area contributed by atoms with E-state index in [1.54, 1.807) is 6.20 Å². The molecule has 0 amide bonds. The van der Waals surface area contributed by atoms with Crippen LogP contribution in [-0.4, -0.2) is 34.1 Å². The van der Waals surface area contributed by atoms with Crippen LogP contribution in [0, 0.1) is 11.8 Å². The molecule has 0 saturated carbocycles. The van der Waals surface area contributed by atoms with E-state index in [4.69, 9.17) is 5.11 Å². The molecule has 1 N–H and O–H groups in total. The molecule has 0 aromatic carbocycles. The molecule has 5 nitrogen and oxygen atoms in total. The third-order valence-corrected chi connectivity index (χ3v) is 3.38. The average molecular weight is 263 g/mol. The highest BCUT2D eigenvalue weighted by atomic mass is 16.4. The van der Waals surface area contributed by atoms with Crippen LogP contribution >= 0.6 is 0 Å². The van der Waals surface area contributed by atoms with E-state index in [1.165, 1.54) is 0 Å². The second-order valence-electron chi connectivity index (χ2n) is 5.55. The molecule has 1 aromatic heterocycles. The number of carboxylic acids is 1. The number of hydrogen-bond acceptors (Lipinski definition) is 4. The minimum Gasteiger partial charge on any atom is -0.481 e. The van der Waals surface area contributed by atoms with Gasteiger partial charge in [-0.1, -0.05) is 13.8 Å². The van der Waals surface area contributed by atoms with Crippen molar-refractivity contribution in [3.63, 3.8) is 0 Å². The van der Waals surface area contributed by atoms with Gasteiger partial charge in [-0.05, 0) is 24.8 Å². The first-order valence-corrected chi connectivity index (χ1v) is 6.86. The summed E-state index contributed by atoms with van der Waals surface area (Å²) in [7, 11) is 0. The van der Waals surface area contributed by atoms with Crippen molar-refractivity contribution in [2.75, 3.05) is 18.0 Å². The number of carbonyl (C=O) groups is 1. The van der Waals surface area contributed by atoms with Gasteiger partial charge >= 0.3 is 5.97 Å². The molecule has 1 fully saturated rings. The van der Waals surface area contributed by atoms with E-state index in [2.05, 4.69) is 28.7 Å². The van der Waals surface area contributed by atoms with E-state index in [0.717, 1.165) is 37.4 Å². The van der Waals surface area contributed by atoms with Crippen molar-refractivity contribution < 1.29 is 9.90 Å². The number of anilines is 1. The van der Waals surface area contributed by atoms with Crippen molar-refractivity contribution in [3.05, 3.63) is 18.1 Å². The van der Waals surface area contributed by atoms with Gasteiger partial charge < -0.3 is 10.0 Å². The van der Waals surface area contributed by atoms with Crippen LogP contribution in [0.4, 0.5) is 5.82 Å². The molecular weight excluding hydrogens is 242 g/mol. The smallest absolute Gasteiger partial charge is 0.308 e. The molecule has 0 radical (unpaired) electrons. The Morgan fingerprint density at radius 2 is 2.37 bits per heavy atom. The number of carboxylic acid groups (broad SMARTS) is 1. The first-order chi connectivity index (χ1) is 9.06. The van der Waals surface area contributed by atoms with E-state index in [0.29, 0.717) is 12.5 Å². The van der Waals surface area contributed by atoms with Crippen LogP contribution in [0.5, 0.6) is 0 Å². The molecule has 0 spiro atoms. The molecular formula is C14H21N3O2. The Balaban J connectivity index is 2.10. The van der Waals surface area contributed by atoms with Gasteiger partial charge in [-0.3, -0.25) is 4.79 Å². The molecule has 104 valence electrons. The number of aromatic nitrogens is 2. The number of aliphatic carboxylic acids is 1. The summed E-state index contributed by atoms with van der Waals surface area (Å²) in [6, 6.07) is 1.87. The lowest BCUT2D eigenvalue weighted by molar-refractivity contribution is -0.141. The van der Waals surface area contributed by atoms with Crippen LogP contribution in [0.1, 0.15) is 32.5 Å². The van der Waals surface area contributed by atoms with E-state index in [-0.39, 0.29) is 5.92 Å². The highest BCUT2D eigenvalue weighted by Gasteiger charge is 2.26. The van der Waals surface area contributed by atoms with Crippen LogP contribution in [0.25, 0.3) is 0 Å². The Kier molecular flexibility index (Phi) is 4.35. The molecule has 1 aliphatic rings. The summed E-state index contributed by atoms with van der Waals surface area (Å²) in [6.07, 6.45) is 4.28. The van der Waals surface area contributed by atoms with Crippen LogP contribution in [0.15, 0.2) is 12.3 Å². The molecule has 1 aliphatic heterocycles. The van der Waals surface area contributed by atoms with Gasteiger partial charge in [0.15, 0.2) is 0 Å². The Morgan fingerprint density at radius 3 is 3.05 bits per heavy atom. The van der Waals surface area contributed by atoms with Crippen molar-refractivity contribution in [1.82, 2.24) is 9.97 Å². The third-order valence-electron chi connectivity index (χ3n) is 3.38. The van der Waals surface area contributed by atoms with Crippen LogP contribution in [-0.2, 0) is 11.2 Å². The van der Waals surface area contributed by atoms with Gasteiger partial charge in [0, 0.05) is 25.7 Å². The SMILES string of the molecule is CC(C)Cc1nccc(N2CCCC(C(=O)O)C2)n1. The standard InChI is InChI=1S/C14H21N3O2/c1-10(2)8-12-15-6-5-13(16-12)17-7-3-4-11(9-17)14(18)19/h5-6,10-11H,3-4,7-9H2,1-2H3,(H,18,19). The summed E-state index contributed by atoms with van der Waals surface area (Å²) in [5, 5.41) is 9.12. The predicted octanol–water partition coefficient (Wildman–Crippen LogP) is 1.98. The quantitative estimate of drug-likeness (QED) is 0.899. The van der Waals surface area contributed by atoms with Gasteiger partial charge in [0.25, 0.3) is 0 Å². The average Bonchev–Trinajstić information content (AvgIpc) is 2.38. The van der Waals surface area contributed by atoms with E-state index in [1.807, 2.05) is 6.07 Å². The number of rotatable bonds is 4. The summed E-state index contributed by atoms with van der Waals surface area (Å²) >= 11 is 0. The summed E-state index contributed by atoms with van der Waals surface area (Å²) in [5.74, 6) is 1.23. The first-order valence-electron chi connectivity index (χ1n) is 6.86. The monoisotopic (exact) mass is 263 g/mol. The molecule has 1 unspecified atom stereocenters. The van der Waals surface area contributed by atoms with Crippen LogP contribution in [0.3, 0.4) is 0 Å². The fraction of sp³-hybridized carbons (Fsp3) is 0.643. The van der Waals surface area contributed by atoms with Gasteiger partial charge in [0.05, 0.1) is 5.92 Å². The fourth-order valence-corrected chi connectivity index (χ4v) is 2.41. The van der Waals surface area contributed by atoms with Crippen LogP contribution in [0.2, 0.25) is 0 Å². The Morgan fingerprint density at radius 1 is 1.58 bits per heavy atom. The Labute approximate surface area is 113 Å². The predicted molar refractivity (Wildman–Crippen MR) is 73.1 cm³/mol. The lowest BCUT2D eigenvalue weighted by atomic mass is 9.98. The van der Waals surface area contributed by atoms with E-state index >= 15 is 0 Å². The molecule has 5 heteroatoms. The van der Waals surface area contributed by atoms with Crippen molar-refractivity contribution in [2.45, 2.75) is 33.1 Å². The molecule has 2 rings (SSSR count). The van der Waals surface area contributed by atoms with Crippen molar-refractivity contribution in [3.8, 4) is 0 Å². The number of hydrogen-bond donors (Lipinski definition) is 1. The van der Waals surface area contributed by atoms with Crippen molar-refractivity contribution in [2.24, 2.45) is 11.8 Å². The van der Waals surface area contributed by atoms with Gasteiger partial charge in [-0.2, -0.15) is 0 Å². The Bertz CT molecular complexity index is 448. The first kappa shape index (κ1) is 13.8. The molecule has 1 saturated heterocycles. The maximum absolute atomic E-state index is 11.1. The van der Waals surface area contributed by atoms with Gasteiger partial charge in [0.1, 0.15) is 11.6 Å². The van der Waals surface area contributed by atoms with Gasteiger partial charge in [0.2, 0.25) is 0 Å². The minimum absolute atomic E-state index is 0.280. The highest BCUT2D eigenvalue weighted by molar-refractivity contribution is 5.71. The number of nitrogens with zero attached hydrogens (tertiary/aromatic N) is 3. The maximum Gasteiger partial charge on any atom is 0.308 e. The summed E-state index contributed by atoms with van der Waals surface area (Å²) in [5.41, 5.74) is 0. The van der Waals surface area contributed by atoms with Crippen LogP contribution < -0.4 is 4.90 Å². The minimum atomic E-state index is -0.707. The molecule has 0 bridgehead atoms. The molecule has 19 heavy (non-hydrogen) atoms. The second-order valence-corrected chi connectivity index (χ2v) is 5.55. The summed E-state index contributed by atoms with van der Waals surface area (Å²) in [4.78, 5) is 22.0. The van der Waals surface area contributed by atoms with E-state index in [9.17, 15) is 4.79 Å². The zero-order valence-electron chi connectivity index (χ0n) is 11.5. The molecule has 1 aromatic rings. The third kappa shape index (κ3) is 3.66. The molecule has 0 aliphatic carbocycles. The maximum atomic E-state index is 11.1. The lowest BCUT2D eigenvalue weighted by Gasteiger charge is -2.31.